The molecule has 4 heteroatoms. The van der Waals surface area contributed by atoms with Gasteiger partial charge in [-0.15, -0.1) is 0 Å². The maximum absolute atomic E-state index is 13.2. The maximum atomic E-state index is 13.2. The van der Waals surface area contributed by atoms with Crippen LogP contribution in [0, 0.1) is 17.2 Å². The summed E-state index contributed by atoms with van der Waals surface area (Å²) in [6.07, 6.45) is 0.908. The van der Waals surface area contributed by atoms with Crippen molar-refractivity contribution in [1.82, 2.24) is 5.32 Å². The summed E-state index contributed by atoms with van der Waals surface area (Å²) in [5.74, 6) is 0.319. The Morgan fingerprint density at radius 1 is 1.40 bits per heavy atom. The lowest BCUT2D eigenvalue weighted by Crippen LogP contribution is -2.39. The Labute approximate surface area is 130 Å². The van der Waals surface area contributed by atoms with Gasteiger partial charge in [0.25, 0.3) is 0 Å². The quantitative estimate of drug-likeness (QED) is 0.718. The number of ether oxygens (including phenoxy) is 1. The number of hydrogen-bond donors (Lipinski definition) is 1. The lowest BCUT2D eigenvalue weighted by molar-refractivity contribution is 0.175. The molecule has 1 N–H and O–H groups in total. The third-order valence-electron chi connectivity index (χ3n) is 4.02. The van der Waals surface area contributed by atoms with E-state index in [-0.39, 0.29) is 11.2 Å². The fourth-order valence-electron chi connectivity index (χ4n) is 2.12. The number of rotatable bonds is 8. The van der Waals surface area contributed by atoms with Gasteiger partial charge in [-0.05, 0) is 35.4 Å². The number of nitrogens with one attached hydrogen (secondary N) is 1. The van der Waals surface area contributed by atoms with E-state index < -0.39 is 0 Å². The predicted octanol–water partition coefficient (Wildman–Crippen LogP) is 4.03. The normalized spacial score (nSPS) is 14.6. The smallest absolute Gasteiger partial charge is 0.124 e. The van der Waals surface area contributed by atoms with Crippen LogP contribution in [0.3, 0.4) is 0 Å². The summed E-state index contributed by atoms with van der Waals surface area (Å²) < 4.78 is 19.1. The molecule has 0 saturated heterocycles. The summed E-state index contributed by atoms with van der Waals surface area (Å²) in [5, 5.41) is 3.44. The van der Waals surface area contributed by atoms with Crippen LogP contribution in [0.2, 0.25) is 0 Å². The lowest BCUT2D eigenvalue weighted by atomic mass is 9.74. The van der Waals surface area contributed by atoms with Gasteiger partial charge in [-0.1, -0.05) is 42.8 Å². The minimum Gasteiger partial charge on any atom is -0.383 e. The Balaban J connectivity index is 2.74. The summed E-state index contributed by atoms with van der Waals surface area (Å²) >= 11 is 3.46. The van der Waals surface area contributed by atoms with Crippen LogP contribution >= 0.6 is 15.9 Å². The van der Waals surface area contributed by atoms with Crippen molar-refractivity contribution in [2.45, 2.75) is 27.2 Å². The Hall–Kier alpha value is -0.450. The molecule has 2 nitrogen and oxygen atoms in total. The molecule has 114 valence electrons. The van der Waals surface area contributed by atoms with E-state index >= 15 is 0 Å². The van der Waals surface area contributed by atoms with Crippen LogP contribution in [-0.2, 0) is 11.2 Å². The van der Waals surface area contributed by atoms with Crippen molar-refractivity contribution in [2.75, 3.05) is 26.8 Å². The van der Waals surface area contributed by atoms with E-state index in [9.17, 15) is 4.39 Å². The second kappa shape index (κ2) is 8.11. The zero-order valence-electron chi connectivity index (χ0n) is 12.8. The molecule has 0 fully saturated rings. The minimum absolute atomic E-state index is 0.119. The van der Waals surface area contributed by atoms with Gasteiger partial charge in [0.2, 0.25) is 0 Å². The fourth-order valence-corrected chi connectivity index (χ4v) is 2.61. The summed E-state index contributed by atoms with van der Waals surface area (Å²) in [7, 11) is 1.71. The van der Waals surface area contributed by atoms with Crippen LogP contribution < -0.4 is 5.32 Å². The molecule has 1 aromatic carbocycles. The third-order valence-corrected chi connectivity index (χ3v) is 4.75. The van der Waals surface area contributed by atoms with Crippen molar-refractivity contribution in [2.24, 2.45) is 11.3 Å². The molecule has 0 aromatic heterocycles. The van der Waals surface area contributed by atoms with Gasteiger partial charge in [-0.3, -0.25) is 0 Å². The molecule has 1 rings (SSSR count). The van der Waals surface area contributed by atoms with Crippen molar-refractivity contribution in [3.8, 4) is 0 Å². The van der Waals surface area contributed by atoms with E-state index in [1.165, 1.54) is 12.1 Å². The summed E-state index contributed by atoms with van der Waals surface area (Å²) in [6.45, 7) is 9.22. The molecule has 1 aromatic rings. The zero-order chi connectivity index (χ0) is 15.2. The molecule has 0 spiro atoms. The summed E-state index contributed by atoms with van der Waals surface area (Å²) in [5.41, 5.74) is 1.27. The molecule has 0 radical (unpaired) electrons. The second-order valence-electron chi connectivity index (χ2n) is 5.89. The van der Waals surface area contributed by atoms with Crippen LogP contribution in [0.15, 0.2) is 22.7 Å². The van der Waals surface area contributed by atoms with Gasteiger partial charge in [0.05, 0.1) is 6.61 Å². The molecule has 0 bridgehead atoms. The molecular formula is C16H25BrFNO. The molecule has 1 atom stereocenters. The van der Waals surface area contributed by atoms with Crippen LogP contribution in [-0.4, -0.2) is 26.8 Å². The molecule has 0 heterocycles. The van der Waals surface area contributed by atoms with Crippen LogP contribution in [0.1, 0.15) is 26.3 Å². The summed E-state index contributed by atoms with van der Waals surface area (Å²) in [6, 6.07) is 4.93. The highest BCUT2D eigenvalue weighted by Crippen LogP contribution is 2.33. The zero-order valence-corrected chi connectivity index (χ0v) is 14.4. The van der Waals surface area contributed by atoms with Crippen molar-refractivity contribution >= 4 is 15.9 Å². The monoisotopic (exact) mass is 345 g/mol. The molecule has 0 saturated carbocycles. The number of halogens is 2. The Bertz CT molecular complexity index is 425. The molecule has 20 heavy (non-hydrogen) atoms. The van der Waals surface area contributed by atoms with E-state index in [2.05, 4.69) is 42.0 Å². The Kier molecular flexibility index (Phi) is 7.13. The average Bonchev–Trinajstić information content (AvgIpc) is 2.38. The summed E-state index contributed by atoms with van der Waals surface area (Å²) in [4.78, 5) is 0. The van der Waals surface area contributed by atoms with E-state index in [0.717, 1.165) is 29.5 Å². The first kappa shape index (κ1) is 17.6. The molecule has 1 unspecified atom stereocenters. The van der Waals surface area contributed by atoms with Gasteiger partial charge in [-0.2, -0.15) is 0 Å². The number of benzene rings is 1. The van der Waals surface area contributed by atoms with Gasteiger partial charge in [0.15, 0.2) is 0 Å². The number of methoxy groups -OCH3 is 1. The van der Waals surface area contributed by atoms with Crippen molar-refractivity contribution in [3.63, 3.8) is 0 Å². The Morgan fingerprint density at radius 3 is 2.65 bits per heavy atom. The predicted molar refractivity (Wildman–Crippen MR) is 85.5 cm³/mol. The highest BCUT2D eigenvalue weighted by molar-refractivity contribution is 9.10. The Morgan fingerprint density at radius 2 is 2.10 bits per heavy atom. The molecule has 0 aliphatic carbocycles. The van der Waals surface area contributed by atoms with E-state index in [4.69, 9.17) is 4.74 Å². The van der Waals surface area contributed by atoms with Crippen LogP contribution in [0.5, 0.6) is 0 Å². The van der Waals surface area contributed by atoms with Crippen molar-refractivity contribution in [1.29, 1.82) is 0 Å². The first-order valence-electron chi connectivity index (χ1n) is 7.02. The second-order valence-corrected chi connectivity index (χ2v) is 6.75. The van der Waals surface area contributed by atoms with Crippen LogP contribution in [0.4, 0.5) is 4.39 Å². The van der Waals surface area contributed by atoms with Gasteiger partial charge in [-0.25, -0.2) is 4.39 Å². The standard InChI is InChI=1S/C16H25BrFNO/c1-12(2)16(3,11-19-7-8-20-4)10-13-5-6-14(18)9-15(13)17/h5-6,9,12,19H,7-8,10-11H2,1-4H3. The highest BCUT2D eigenvalue weighted by atomic mass is 79.9. The third kappa shape index (κ3) is 5.15. The highest BCUT2D eigenvalue weighted by Gasteiger charge is 2.29. The van der Waals surface area contributed by atoms with Gasteiger partial charge in [0.1, 0.15) is 5.82 Å². The van der Waals surface area contributed by atoms with Gasteiger partial charge in [0, 0.05) is 24.7 Å². The molecular weight excluding hydrogens is 321 g/mol. The van der Waals surface area contributed by atoms with E-state index in [1.807, 2.05) is 6.07 Å². The first-order chi connectivity index (χ1) is 9.39. The lowest BCUT2D eigenvalue weighted by Gasteiger charge is -2.35. The molecule has 0 amide bonds. The minimum atomic E-state index is -0.204. The molecule has 0 aliphatic heterocycles. The number of hydrogen-bond acceptors (Lipinski definition) is 2. The van der Waals surface area contributed by atoms with Gasteiger partial charge >= 0.3 is 0 Å². The SMILES string of the molecule is COCCNCC(C)(Cc1ccc(F)cc1Br)C(C)C. The first-order valence-corrected chi connectivity index (χ1v) is 7.82. The largest absolute Gasteiger partial charge is 0.383 e. The van der Waals surface area contributed by atoms with Crippen molar-refractivity contribution in [3.05, 3.63) is 34.1 Å². The van der Waals surface area contributed by atoms with E-state index in [0.29, 0.717) is 12.5 Å². The maximum Gasteiger partial charge on any atom is 0.124 e. The fraction of sp³-hybridized carbons (Fsp3) is 0.625. The average molecular weight is 346 g/mol. The topological polar surface area (TPSA) is 21.3 Å². The molecule has 0 aliphatic rings. The van der Waals surface area contributed by atoms with Gasteiger partial charge < -0.3 is 10.1 Å². The van der Waals surface area contributed by atoms with E-state index in [1.54, 1.807) is 7.11 Å². The van der Waals surface area contributed by atoms with Crippen molar-refractivity contribution < 1.29 is 9.13 Å². The van der Waals surface area contributed by atoms with Crippen LogP contribution in [0.25, 0.3) is 0 Å².